The number of likely N-dealkylation sites (N-methyl/N-ethyl adjacent to an activating group) is 1. The standard InChI is InChI=1S/C13H20N2O2S/c1-10(12-5-3-4-7-15-12)13(14-2)11-6-8-18(16,17)9-11/h3-5,7,10-11,13-14H,6,8-9H2,1-2H3. The van der Waals surface area contributed by atoms with E-state index in [0.717, 1.165) is 12.1 Å². The third kappa shape index (κ3) is 2.90. The largest absolute Gasteiger partial charge is 0.316 e. The second kappa shape index (κ2) is 5.36. The van der Waals surface area contributed by atoms with Gasteiger partial charge in [0.1, 0.15) is 0 Å². The van der Waals surface area contributed by atoms with Gasteiger partial charge >= 0.3 is 0 Å². The molecular formula is C13H20N2O2S. The molecule has 2 heterocycles. The predicted molar refractivity (Wildman–Crippen MR) is 72.3 cm³/mol. The van der Waals surface area contributed by atoms with Gasteiger partial charge in [-0.3, -0.25) is 4.98 Å². The molecule has 0 amide bonds. The third-order valence-electron chi connectivity index (χ3n) is 3.80. The first kappa shape index (κ1) is 13.5. The van der Waals surface area contributed by atoms with E-state index in [9.17, 15) is 8.42 Å². The maximum Gasteiger partial charge on any atom is 0.150 e. The van der Waals surface area contributed by atoms with Crippen LogP contribution < -0.4 is 5.32 Å². The Balaban J connectivity index is 2.14. The van der Waals surface area contributed by atoms with Gasteiger partial charge in [-0.1, -0.05) is 13.0 Å². The third-order valence-corrected chi connectivity index (χ3v) is 5.60. The van der Waals surface area contributed by atoms with Crippen molar-refractivity contribution in [3.05, 3.63) is 30.1 Å². The van der Waals surface area contributed by atoms with Gasteiger partial charge in [-0.2, -0.15) is 0 Å². The zero-order chi connectivity index (χ0) is 13.2. The normalized spacial score (nSPS) is 25.8. The van der Waals surface area contributed by atoms with Crippen LogP contribution >= 0.6 is 0 Å². The molecular weight excluding hydrogens is 248 g/mol. The first-order chi connectivity index (χ1) is 8.53. The van der Waals surface area contributed by atoms with Crippen LogP contribution in [0.1, 0.15) is 25.0 Å². The molecule has 1 N–H and O–H groups in total. The quantitative estimate of drug-likeness (QED) is 0.891. The van der Waals surface area contributed by atoms with Crippen molar-refractivity contribution in [3.8, 4) is 0 Å². The van der Waals surface area contributed by atoms with Gasteiger partial charge < -0.3 is 5.32 Å². The number of nitrogens with one attached hydrogen (secondary N) is 1. The Kier molecular flexibility index (Phi) is 4.02. The van der Waals surface area contributed by atoms with E-state index in [-0.39, 0.29) is 17.9 Å². The highest BCUT2D eigenvalue weighted by Crippen LogP contribution is 2.29. The van der Waals surface area contributed by atoms with Crippen molar-refractivity contribution in [2.75, 3.05) is 18.6 Å². The van der Waals surface area contributed by atoms with Crippen LogP contribution in [0.4, 0.5) is 0 Å². The summed E-state index contributed by atoms with van der Waals surface area (Å²) in [5, 5.41) is 3.28. The zero-order valence-corrected chi connectivity index (χ0v) is 11.7. The smallest absolute Gasteiger partial charge is 0.150 e. The van der Waals surface area contributed by atoms with Gasteiger partial charge in [-0.15, -0.1) is 0 Å². The van der Waals surface area contributed by atoms with Crippen LogP contribution in [0, 0.1) is 5.92 Å². The summed E-state index contributed by atoms with van der Waals surface area (Å²) >= 11 is 0. The first-order valence-corrected chi connectivity index (χ1v) is 8.14. The number of rotatable bonds is 4. The van der Waals surface area contributed by atoms with E-state index in [1.54, 1.807) is 6.20 Å². The van der Waals surface area contributed by atoms with E-state index in [1.807, 2.05) is 25.2 Å². The lowest BCUT2D eigenvalue weighted by Gasteiger charge is -2.28. The van der Waals surface area contributed by atoms with E-state index in [4.69, 9.17) is 0 Å². The van der Waals surface area contributed by atoms with Crippen molar-refractivity contribution in [2.45, 2.75) is 25.3 Å². The summed E-state index contributed by atoms with van der Waals surface area (Å²) in [6.07, 6.45) is 2.54. The molecule has 1 aromatic heterocycles. The minimum atomic E-state index is -2.83. The van der Waals surface area contributed by atoms with Crippen LogP contribution in [0.15, 0.2) is 24.4 Å². The summed E-state index contributed by atoms with van der Waals surface area (Å²) in [7, 11) is -0.929. The lowest BCUT2D eigenvalue weighted by atomic mass is 9.87. The van der Waals surface area contributed by atoms with Gasteiger partial charge in [0.05, 0.1) is 11.5 Å². The Labute approximate surface area is 109 Å². The number of pyridine rings is 1. The van der Waals surface area contributed by atoms with E-state index in [2.05, 4.69) is 17.2 Å². The van der Waals surface area contributed by atoms with Crippen molar-refractivity contribution < 1.29 is 8.42 Å². The number of nitrogens with zero attached hydrogens (tertiary/aromatic N) is 1. The van der Waals surface area contributed by atoms with Crippen LogP contribution in [0.5, 0.6) is 0 Å². The second-order valence-corrected chi connectivity index (χ2v) is 7.25. The lowest BCUT2D eigenvalue weighted by Crippen LogP contribution is -2.39. The van der Waals surface area contributed by atoms with E-state index >= 15 is 0 Å². The summed E-state index contributed by atoms with van der Waals surface area (Å²) in [5.41, 5.74) is 1.01. The average Bonchev–Trinajstić information content (AvgIpc) is 2.71. The Morgan fingerprint density at radius 1 is 1.44 bits per heavy atom. The summed E-state index contributed by atoms with van der Waals surface area (Å²) in [4.78, 5) is 4.37. The topological polar surface area (TPSA) is 59.1 Å². The Morgan fingerprint density at radius 2 is 2.22 bits per heavy atom. The molecule has 1 aliphatic heterocycles. The summed E-state index contributed by atoms with van der Waals surface area (Å²) in [6, 6.07) is 6.03. The van der Waals surface area contributed by atoms with E-state index in [1.165, 1.54) is 0 Å². The molecule has 18 heavy (non-hydrogen) atoms. The minimum Gasteiger partial charge on any atom is -0.316 e. The van der Waals surface area contributed by atoms with Crippen molar-refractivity contribution in [2.24, 2.45) is 5.92 Å². The van der Waals surface area contributed by atoms with Gasteiger partial charge in [0.15, 0.2) is 9.84 Å². The highest BCUT2D eigenvalue weighted by atomic mass is 32.2. The molecule has 1 aromatic rings. The first-order valence-electron chi connectivity index (χ1n) is 6.32. The van der Waals surface area contributed by atoms with Gasteiger partial charge in [0.2, 0.25) is 0 Å². The molecule has 0 bridgehead atoms. The molecule has 1 saturated heterocycles. The molecule has 0 spiro atoms. The highest BCUT2D eigenvalue weighted by Gasteiger charge is 2.36. The monoisotopic (exact) mass is 268 g/mol. The second-order valence-electron chi connectivity index (χ2n) is 5.02. The Morgan fingerprint density at radius 3 is 2.72 bits per heavy atom. The highest BCUT2D eigenvalue weighted by molar-refractivity contribution is 7.91. The number of aromatic nitrogens is 1. The van der Waals surface area contributed by atoms with Crippen LogP contribution in [0.25, 0.3) is 0 Å². The number of sulfone groups is 1. The maximum absolute atomic E-state index is 11.6. The molecule has 0 aromatic carbocycles. The molecule has 4 nitrogen and oxygen atoms in total. The lowest BCUT2D eigenvalue weighted by molar-refractivity contribution is 0.355. The van der Waals surface area contributed by atoms with Crippen LogP contribution in [0.2, 0.25) is 0 Å². The fraction of sp³-hybridized carbons (Fsp3) is 0.615. The molecule has 3 atom stereocenters. The fourth-order valence-electron chi connectivity index (χ4n) is 2.83. The van der Waals surface area contributed by atoms with Gasteiger partial charge in [0, 0.05) is 23.9 Å². The van der Waals surface area contributed by atoms with Gasteiger partial charge in [-0.05, 0) is 31.5 Å². The Hall–Kier alpha value is -0.940. The zero-order valence-electron chi connectivity index (χ0n) is 10.8. The van der Waals surface area contributed by atoms with Crippen molar-refractivity contribution in [3.63, 3.8) is 0 Å². The van der Waals surface area contributed by atoms with E-state index < -0.39 is 9.84 Å². The van der Waals surface area contributed by atoms with Crippen LogP contribution in [0.3, 0.4) is 0 Å². The van der Waals surface area contributed by atoms with Crippen LogP contribution in [-0.2, 0) is 9.84 Å². The summed E-state index contributed by atoms with van der Waals surface area (Å²) in [5.74, 6) is 1.03. The molecule has 0 radical (unpaired) electrons. The molecule has 0 saturated carbocycles. The van der Waals surface area contributed by atoms with Gasteiger partial charge in [-0.25, -0.2) is 8.42 Å². The fourth-order valence-corrected chi connectivity index (χ4v) is 4.69. The number of hydrogen-bond donors (Lipinski definition) is 1. The van der Waals surface area contributed by atoms with Gasteiger partial charge in [0.25, 0.3) is 0 Å². The Bertz CT molecular complexity index is 487. The summed E-state index contributed by atoms with van der Waals surface area (Å²) in [6.45, 7) is 2.11. The van der Waals surface area contributed by atoms with Crippen LogP contribution in [-0.4, -0.2) is 38.0 Å². The van der Waals surface area contributed by atoms with Crippen molar-refractivity contribution in [1.29, 1.82) is 0 Å². The number of hydrogen-bond acceptors (Lipinski definition) is 4. The molecule has 3 unspecified atom stereocenters. The maximum atomic E-state index is 11.6. The van der Waals surface area contributed by atoms with E-state index in [0.29, 0.717) is 11.5 Å². The van der Waals surface area contributed by atoms with Crippen molar-refractivity contribution in [1.82, 2.24) is 10.3 Å². The molecule has 2 rings (SSSR count). The molecule has 100 valence electrons. The predicted octanol–water partition coefficient (Wildman–Crippen LogP) is 1.21. The van der Waals surface area contributed by atoms with Crippen molar-refractivity contribution >= 4 is 9.84 Å². The molecule has 1 fully saturated rings. The SMILES string of the molecule is CNC(C1CCS(=O)(=O)C1)C(C)c1ccccn1. The molecule has 5 heteroatoms. The molecule has 0 aliphatic carbocycles. The summed E-state index contributed by atoms with van der Waals surface area (Å²) < 4.78 is 23.2. The average molecular weight is 268 g/mol. The molecule has 1 aliphatic rings. The minimum absolute atomic E-state index is 0.164.